The number of hydrogen-bond donors (Lipinski definition) is 3. The lowest BCUT2D eigenvalue weighted by Crippen LogP contribution is -2.29. The molecule has 0 fully saturated rings. The van der Waals surface area contributed by atoms with E-state index >= 15 is 0 Å². The SMILES string of the molecule is CCC(C)C1Nc2cc3c(cc2N1)C(C)(C)C(=O)N3. The summed E-state index contributed by atoms with van der Waals surface area (Å²) in [5.74, 6) is 0.634. The van der Waals surface area contributed by atoms with E-state index in [2.05, 4.69) is 35.9 Å². The van der Waals surface area contributed by atoms with Gasteiger partial charge in [-0.2, -0.15) is 0 Å². The lowest BCUT2D eigenvalue weighted by Gasteiger charge is -2.19. The highest BCUT2D eigenvalue weighted by molar-refractivity contribution is 6.07. The van der Waals surface area contributed by atoms with E-state index in [-0.39, 0.29) is 12.1 Å². The maximum absolute atomic E-state index is 11.9. The fourth-order valence-corrected chi connectivity index (χ4v) is 2.75. The van der Waals surface area contributed by atoms with Gasteiger partial charge in [-0.25, -0.2) is 0 Å². The molecule has 0 aliphatic carbocycles. The predicted molar refractivity (Wildman–Crippen MR) is 78.6 cm³/mol. The van der Waals surface area contributed by atoms with Gasteiger partial charge in [0.05, 0.1) is 23.0 Å². The highest BCUT2D eigenvalue weighted by atomic mass is 16.2. The van der Waals surface area contributed by atoms with Gasteiger partial charge in [0.2, 0.25) is 5.91 Å². The van der Waals surface area contributed by atoms with Crippen LogP contribution in [-0.4, -0.2) is 12.1 Å². The third-order valence-electron chi connectivity index (χ3n) is 4.48. The van der Waals surface area contributed by atoms with Crippen LogP contribution in [0.25, 0.3) is 0 Å². The van der Waals surface area contributed by atoms with E-state index in [0.29, 0.717) is 5.92 Å². The van der Waals surface area contributed by atoms with Crippen LogP contribution in [0.4, 0.5) is 17.1 Å². The first-order valence-corrected chi connectivity index (χ1v) is 6.96. The molecule has 0 spiro atoms. The number of amides is 1. The summed E-state index contributed by atoms with van der Waals surface area (Å²) in [6.07, 6.45) is 1.40. The van der Waals surface area contributed by atoms with Gasteiger partial charge < -0.3 is 16.0 Å². The van der Waals surface area contributed by atoms with Crippen molar-refractivity contribution in [1.82, 2.24) is 0 Å². The molecule has 2 heterocycles. The number of hydrogen-bond acceptors (Lipinski definition) is 3. The molecular formula is C15H21N3O. The van der Waals surface area contributed by atoms with Gasteiger partial charge in [0.25, 0.3) is 0 Å². The maximum atomic E-state index is 11.9. The largest absolute Gasteiger partial charge is 0.363 e. The fourth-order valence-electron chi connectivity index (χ4n) is 2.75. The maximum Gasteiger partial charge on any atom is 0.234 e. The molecule has 0 saturated carbocycles. The number of nitrogens with one attached hydrogen (secondary N) is 3. The molecule has 1 aromatic carbocycles. The van der Waals surface area contributed by atoms with Crippen molar-refractivity contribution in [2.75, 3.05) is 16.0 Å². The summed E-state index contributed by atoms with van der Waals surface area (Å²) in [5.41, 5.74) is 3.76. The Morgan fingerprint density at radius 1 is 1.21 bits per heavy atom. The Bertz CT molecular complexity index is 551. The topological polar surface area (TPSA) is 53.2 Å². The third kappa shape index (κ3) is 1.70. The van der Waals surface area contributed by atoms with Crippen LogP contribution in [0.2, 0.25) is 0 Å². The number of benzene rings is 1. The molecule has 1 aromatic rings. The Morgan fingerprint density at radius 3 is 2.47 bits per heavy atom. The molecule has 2 atom stereocenters. The number of fused-ring (bicyclic) bond motifs is 2. The normalized spacial score (nSPS) is 24.0. The molecule has 19 heavy (non-hydrogen) atoms. The minimum Gasteiger partial charge on any atom is -0.363 e. The molecule has 0 saturated heterocycles. The van der Waals surface area contributed by atoms with Crippen molar-refractivity contribution in [1.29, 1.82) is 0 Å². The first-order valence-electron chi connectivity index (χ1n) is 6.96. The Labute approximate surface area is 114 Å². The van der Waals surface area contributed by atoms with Crippen LogP contribution in [0.1, 0.15) is 39.7 Å². The zero-order valence-electron chi connectivity index (χ0n) is 11.9. The first-order chi connectivity index (χ1) is 8.93. The molecular weight excluding hydrogens is 238 g/mol. The highest BCUT2D eigenvalue weighted by Gasteiger charge is 2.40. The smallest absolute Gasteiger partial charge is 0.234 e. The van der Waals surface area contributed by atoms with Crippen molar-refractivity contribution in [3.05, 3.63) is 17.7 Å². The van der Waals surface area contributed by atoms with Crippen LogP contribution in [-0.2, 0) is 10.2 Å². The molecule has 4 nitrogen and oxygen atoms in total. The van der Waals surface area contributed by atoms with Gasteiger partial charge in [0.15, 0.2) is 0 Å². The Kier molecular flexibility index (Phi) is 2.52. The van der Waals surface area contributed by atoms with Gasteiger partial charge in [-0.1, -0.05) is 13.8 Å². The third-order valence-corrected chi connectivity index (χ3v) is 4.48. The molecule has 0 bridgehead atoms. The zero-order chi connectivity index (χ0) is 13.8. The highest BCUT2D eigenvalue weighted by Crippen LogP contribution is 2.44. The summed E-state index contributed by atoms with van der Waals surface area (Å²) in [6.45, 7) is 8.36. The van der Waals surface area contributed by atoms with Gasteiger partial charge in [0.1, 0.15) is 0 Å². The average molecular weight is 259 g/mol. The molecule has 0 radical (unpaired) electrons. The summed E-state index contributed by atoms with van der Waals surface area (Å²) in [6, 6.07) is 4.16. The number of rotatable bonds is 2. The standard InChI is InChI=1S/C15H21N3O/c1-5-8(2)13-16-11-6-9-10(7-12(11)17-13)18-14(19)15(9,3)4/h6-8,13,16-17H,5H2,1-4H3,(H,18,19). The lowest BCUT2D eigenvalue weighted by molar-refractivity contribution is -0.119. The van der Waals surface area contributed by atoms with Crippen molar-refractivity contribution in [2.45, 2.75) is 45.7 Å². The van der Waals surface area contributed by atoms with E-state index in [0.717, 1.165) is 29.0 Å². The molecule has 102 valence electrons. The number of carbonyl (C=O) groups excluding carboxylic acids is 1. The number of carbonyl (C=O) groups is 1. The second kappa shape index (κ2) is 3.89. The van der Waals surface area contributed by atoms with E-state index in [1.54, 1.807) is 0 Å². The molecule has 2 unspecified atom stereocenters. The van der Waals surface area contributed by atoms with Crippen LogP contribution in [0.3, 0.4) is 0 Å². The monoisotopic (exact) mass is 259 g/mol. The van der Waals surface area contributed by atoms with Crippen LogP contribution in [0, 0.1) is 5.92 Å². The van der Waals surface area contributed by atoms with Gasteiger partial charge in [0, 0.05) is 5.69 Å². The van der Waals surface area contributed by atoms with Crippen LogP contribution >= 0.6 is 0 Å². The number of anilines is 3. The molecule has 3 N–H and O–H groups in total. The second-order valence-corrected chi connectivity index (χ2v) is 6.17. The van der Waals surface area contributed by atoms with E-state index < -0.39 is 5.41 Å². The summed E-state index contributed by atoms with van der Waals surface area (Å²) in [4.78, 5) is 11.9. The summed E-state index contributed by atoms with van der Waals surface area (Å²) in [5, 5.41) is 9.98. The van der Waals surface area contributed by atoms with E-state index in [1.807, 2.05) is 19.9 Å². The lowest BCUT2D eigenvalue weighted by atomic mass is 9.86. The van der Waals surface area contributed by atoms with E-state index in [9.17, 15) is 4.79 Å². The van der Waals surface area contributed by atoms with Crippen LogP contribution < -0.4 is 16.0 Å². The van der Waals surface area contributed by atoms with Crippen molar-refractivity contribution < 1.29 is 4.79 Å². The van der Waals surface area contributed by atoms with Crippen LogP contribution in [0.5, 0.6) is 0 Å². The molecule has 2 aliphatic rings. The van der Waals surface area contributed by atoms with E-state index in [4.69, 9.17) is 0 Å². The molecule has 0 aromatic heterocycles. The Morgan fingerprint density at radius 2 is 1.84 bits per heavy atom. The van der Waals surface area contributed by atoms with Gasteiger partial charge >= 0.3 is 0 Å². The summed E-state index contributed by atoms with van der Waals surface area (Å²) >= 11 is 0. The zero-order valence-corrected chi connectivity index (χ0v) is 11.9. The molecule has 2 aliphatic heterocycles. The van der Waals surface area contributed by atoms with Crippen molar-refractivity contribution >= 4 is 23.0 Å². The fraction of sp³-hybridized carbons (Fsp3) is 0.533. The molecule has 1 amide bonds. The minimum atomic E-state index is -0.444. The average Bonchev–Trinajstić information content (AvgIpc) is 2.87. The van der Waals surface area contributed by atoms with Gasteiger partial charge in [-0.3, -0.25) is 4.79 Å². The Balaban J connectivity index is 1.97. The van der Waals surface area contributed by atoms with E-state index in [1.165, 1.54) is 0 Å². The van der Waals surface area contributed by atoms with Crippen molar-refractivity contribution in [2.24, 2.45) is 5.92 Å². The summed E-state index contributed by atoms with van der Waals surface area (Å²) in [7, 11) is 0. The summed E-state index contributed by atoms with van der Waals surface area (Å²) < 4.78 is 0. The van der Waals surface area contributed by atoms with Gasteiger partial charge in [-0.05, 0) is 43.9 Å². The predicted octanol–water partition coefficient (Wildman–Crippen LogP) is 3.13. The van der Waals surface area contributed by atoms with Crippen molar-refractivity contribution in [3.8, 4) is 0 Å². The quantitative estimate of drug-likeness (QED) is 0.765. The van der Waals surface area contributed by atoms with Gasteiger partial charge in [-0.15, -0.1) is 0 Å². The second-order valence-electron chi connectivity index (χ2n) is 6.17. The minimum absolute atomic E-state index is 0.0737. The molecule has 3 rings (SSSR count). The molecule has 4 heteroatoms. The van der Waals surface area contributed by atoms with Crippen molar-refractivity contribution in [3.63, 3.8) is 0 Å². The first kappa shape index (κ1) is 12.3. The van der Waals surface area contributed by atoms with Crippen LogP contribution in [0.15, 0.2) is 12.1 Å². The Hall–Kier alpha value is -1.71.